The molecule has 1 N–H and O–H groups in total. The molecule has 0 aromatic carbocycles. The van der Waals surface area contributed by atoms with Gasteiger partial charge in [0.2, 0.25) is 11.8 Å². The first kappa shape index (κ1) is 29.6. The molecule has 0 spiro atoms. The van der Waals surface area contributed by atoms with Crippen LogP contribution < -0.4 is 4.90 Å². The van der Waals surface area contributed by atoms with Gasteiger partial charge < -0.3 is 10.0 Å². The van der Waals surface area contributed by atoms with E-state index >= 15 is 0 Å². The Morgan fingerprint density at radius 3 is 2.38 bits per heavy atom. The van der Waals surface area contributed by atoms with E-state index in [9.17, 15) is 19.5 Å². The zero-order valence-electron chi connectivity index (χ0n) is 23.1. The van der Waals surface area contributed by atoms with E-state index in [1.54, 1.807) is 11.0 Å². The maximum absolute atomic E-state index is 14.1. The zero-order valence-corrected chi connectivity index (χ0v) is 24.8. The summed E-state index contributed by atoms with van der Waals surface area (Å²) in [7, 11) is 1.81. The standard InChI is InChI=1S/C29H42N2O4S2/c1-7-23(27(33)30(6)17-20-13-15-36-18-20)31(26(32)21-10-8-19(2)9-11-21)24-16-22(12-14-29(3,4)5)37-25(24)28(34)35/h16,19-21,23H,7-11,13,15,17-18H2,1-6H3,(H,34,35)/t19-,20?,21-,23-/m0/s1. The molecule has 1 saturated carbocycles. The molecule has 204 valence electrons. The number of amides is 2. The van der Waals surface area contributed by atoms with Gasteiger partial charge in [-0.2, -0.15) is 11.8 Å². The highest BCUT2D eigenvalue weighted by Gasteiger charge is 2.39. The quantitative estimate of drug-likeness (QED) is 0.405. The van der Waals surface area contributed by atoms with E-state index in [1.165, 1.54) is 4.90 Å². The third kappa shape index (κ3) is 7.77. The number of carboxylic acids is 1. The third-order valence-corrected chi connectivity index (χ3v) is 9.50. The number of thioether (sulfide) groups is 1. The van der Waals surface area contributed by atoms with Crippen molar-refractivity contribution in [3.05, 3.63) is 15.8 Å². The second-order valence-electron chi connectivity index (χ2n) is 11.7. The van der Waals surface area contributed by atoms with Crippen LogP contribution >= 0.6 is 23.1 Å². The van der Waals surface area contributed by atoms with Gasteiger partial charge in [-0.3, -0.25) is 14.5 Å². The van der Waals surface area contributed by atoms with Crippen molar-refractivity contribution in [1.29, 1.82) is 0 Å². The molecule has 0 bridgehead atoms. The summed E-state index contributed by atoms with van der Waals surface area (Å²) in [6.45, 7) is 10.8. The van der Waals surface area contributed by atoms with Crippen LogP contribution in [0, 0.1) is 35.0 Å². The Bertz CT molecular complexity index is 1030. The van der Waals surface area contributed by atoms with Crippen LogP contribution in [0.2, 0.25) is 0 Å². The molecule has 0 radical (unpaired) electrons. The van der Waals surface area contributed by atoms with Gasteiger partial charge in [0.25, 0.3) is 0 Å². The molecule has 2 aliphatic rings. The first-order chi connectivity index (χ1) is 17.4. The Hall–Kier alpha value is -1.98. The largest absolute Gasteiger partial charge is 0.477 e. The van der Waals surface area contributed by atoms with Gasteiger partial charge in [0, 0.05) is 24.9 Å². The van der Waals surface area contributed by atoms with E-state index in [0.29, 0.717) is 35.4 Å². The van der Waals surface area contributed by atoms with Gasteiger partial charge in [0.15, 0.2) is 0 Å². The van der Waals surface area contributed by atoms with Crippen LogP contribution in [0.1, 0.15) is 87.7 Å². The first-order valence-corrected chi connectivity index (χ1v) is 15.4. The van der Waals surface area contributed by atoms with Gasteiger partial charge >= 0.3 is 5.97 Å². The predicted molar refractivity (Wildman–Crippen MR) is 153 cm³/mol. The number of aromatic carboxylic acids is 1. The van der Waals surface area contributed by atoms with Crippen LogP contribution in [-0.4, -0.2) is 58.9 Å². The summed E-state index contributed by atoms with van der Waals surface area (Å²) in [4.78, 5) is 44.2. The highest BCUT2D eigenvalue weighted by molar-refractivity contribution is 7.99. The van der Waals surface area contributed by atoms with Crippen molar-refractivity contribution < 1.29 is 19.5 Å². The molecule has 1 aliphatic heterocycles. The Kier molecular flexibility index (Phi) is 10.2. The molecule has 2 fully saturated rings. The number of thiophene rings is 1. The van der Waals surface area contributed by atoms with Crippen molar-refractivity contribution in [3.63, 3.8) is 0 Å². The number of carbonyl (C=O) groups is 3. The molecular weight excluding hydrogens is 504 g/mol. The molecule has 6 nitrogen and oxygen atoms in total. The summed E-state index contributed by atoms with van der Waals surface area (Å²) in [6, 6.07) is 0.960. The van der Waals surface area contributed by atoms with Crippen LogP contribution in [-0.2, 0) is 9.59 Å². The minimum Gasteiger partial charge on any atom is -0.477 e. The molecular formula is C29H42N2O4S2. The molecule has 37 heavy (non-hydrogen) atoms. The van der Waals surface area contributed by atoms with Gasteiger partial charge in [0.1, 0.15) is 10.9 Å². The summed E-state index contributed by atoms with van der Waals surface area (Å²) in [5.41, 5.74) is 0.0645. The van der Waals surface area contributed by atoms with Crippen molar-refractivity contribution >= 4 is 46.6 Å². The SMILES string of the molecule is CC[C@@H](C(=O)N(C)CC1CCSC1)N(c1cc(C#CC(C)(C)C)sc1C(=O)O)C(=O)[C@H]1CC[C@H](C)CC1. The number of likely N-dealkylation sites (N-methyl/N-ethyl adjacent to an activating group) is 1. The van der Waals surface area contributed by atoms with Crippen LogP contribution in [0.15, 0.2) is 6.07 Å². The minimum absolute atomic E-state index is 0.0665. The number of carbonyl (C=O) groups excluding carboxylic acids is 2. The second kappa shape index (κ2) is 12.7. The Morgan fingerprint density at radius 2 is 1.84 bits per heavy atom. The molecule has 1 aromatic rings. The van der Waals surface area contributed by atoms with E-state index in [1.807, 2.05) is 46.5 Å². The van der Waals surface area contributed by atoms with Gasteiger partial charge in [-0.05, 0) is 88.7 Å². The fraction of sp³-hybridized carbons (Fsp3) is 0.690. The molecule has 2 amide bonds. The zero-order chi connectivity index (χ0) is 27.3. The number of anilines is 1. The Labute approximate surface area is 230 Å². The first-order valence-electron chi connectivity index (χ1n) is 13.5. The lowest BCUT2D eigenvalue weighted by Crippen LogP contribution is -2.53. The monoisotopic (exact) mass is 546 g/mol. The van der Waals surface area contributed by atoms with Gasteiger partial charge in [-0.25, -0.2) is 4.79 Å². The fourth-order valence-corrected chi connectivity index (χ4v) is 7.21. The van der Waals surface area contributed by atoms with E-state index in [0.717, 1.165) is 54.9 Å². The summed E-state index contributed by atoms with van der Waals surface area (Å²) in [5.74, 6) is 7.90. The van der Waals surface area contributed by atoms with Gasteiger partial charge in [0.05, 0.1) is 10.6 Å². The lowest BCUT2D eigenvalue weighted by atomic mass is 9.82. The maximum atomic E-state index is 14.1. The van der Waals surface area contributed by atoms with Crippen LogP contribution in [0.3, 0.4) is 0 Å². The maximum Gasteiger partial charge on any atom is 0.348 e. The number of carboxylic acid groups (broad SMARTS) is 1. The number of rotatable bonds is 8. The van der Waals surface area contributed by atoms with E-state index in [4.69, 9.17) is 0 Å². The summed E-state index contributed by atoms with van der Waals surface area (Å²) >= 11 is 2.99. The normalized spacial score (nSPS) is 22.6. The lowest BCUT2D eigenvalue weighted by molar-refractivity contribution is -0.135. The van der Waals surface area contributed by atoms with Gasteiger partial charge in [-0.1, -0.05) is 25.7 Å². The van der Waals surface area contributed by atoms with E-state index < -0.39 is 12.0 Å². The minimum atomic E-state index is -1.10. The molecule has 1 aromatic heterocycles. The average Bonchev–Trinajstić information content (AvgIpc) is 3.50. The smallest absolute Gasteiger partial charge is 0.348 e. The predicted octanol–water partition coefficient (Wildman–Crippen LogP) is 5.99. The van der Waals surface area contributed by atoms with E-state index in [2.05, 4.69) is 18.8 Å². The molecule has 3 rings (SSSR count). The highest BCUT2D eigenvalue weighted by atomic mass is 32.2. The molecule has 1 saturated heterocycles. The molecule has 2 heterocycles. The molecule has 2 atom stereocenters. The Balaban J connectivity index is 2.03. The van der Waals surface area contributed by atoms with Crippen molar-refractivity contribution in [1.82, 2.24) is 4.90 Å². The second-order valence-corrected chi connectivity index (χ2v) is 13.9. The van der Waals surface area contributed by atoms with Crippen LogP contribution in [0.4, 0.5) is 5.69 Å². The summed E-state index contributed by atoms with van der Waals surface area (Å²) in [5, 5.41) is 10.1. The third-order valence-electron chi connectivity index (χ3n) is 7.25. The van der Waals surface area contributed by atoms with E-state index in [-0.39, 0.29) is 28.0 Å². The Morgan fingerprint density at radius 1 is 1.16 bits per heavy atom. The average molecular weight is 547 g/mol. The fourth-order valence-electron chi connectivity index (χ4n) is 5.09. The summed E-state index contributed by atoms with van der Waals surface area (Å²) < 4.78 is 0. The van der Waals surface area contributed by atoms with Crippen molar-refractivity contribution in [2.24, 2.45) is 23.2 Å². The van der Waals surface area contributed by atoms with Crippen molar-refractivity contribution in [2.75, 3.05) is 30.0 Å². The molecule has 1 aliphatic carbocycles. The van der Waals surface area contributed by atoms with Crippen LogP contribution in [0.5, 0.6) is 0 Å². The van der Waals surface area contributed by atoms with Crippen molar-refractivity contribution in [3.8, 4) is 11.8 Å². The number of nitrogens with zero attached hydrogens (tertiary/aromatic N) is 2. The van der Waals surface area contributed by atoms with Crippen molar-refractivity contribution in [2.45, 2.75) is 79.2 Å². The molecule has 1 unspecified atom stereocenters. The topological polar surface area (TPSA) is 77.9 Å². The summed E-state index contributed by atoms with van der Waals surface area (Å²) in [6.07, 6.45) is 4.96. The van der Waals surface area contributed by atoms with Crippen LogP contribution in [0.25, 0.3) is 0 Å². The lowest BCUT2D eigenvalue weighted by Gasteiger charge is -2.37. The van der Waals surface area contributed by atoms with Gasteiger partial charge in [-0.15, -0.1) is 11.3 Å². The molecule has 8 heteroatoms. The number of hydrogen-bond acceptors (Lipinski definition) is 5. The highest BCUT2D eigenvalue weighted by Crippen LogP contribution is 2.37. The number of hydrogen-bond donors (Lipinski definition) is 1.